The van der Waals surface area contributed by atoms with Crippen molar-refractivity contribution in [3.05, 3.63) is 510 Å². The van der Waals surface area contributed by atoms with Crippen LogP contribution in [0.1, 0.15) is 0 Å². The van der Waals surface area contributed by atoms with Gasteiger partial charge in [-0.25, -0.2) is 29.9 Å². The fraction of sp³-hybridized carbons (Fsp3) is 0. The minimum absolute atomic E-state index is 0.610. The van der Waals surface area contributed by atoms with Crippen molar-refractivity contribution in [2.45, 2.75) is 0 Å². The first-order chi connectivity index (χ1) is 72.8. The van der Waals surface area contributed by atoms with Crippen LogP contribution in [0.2, 0.25) is 0 Å². The van der Waals surface area contributed by atoms with E-state index in [0.29, 0.717) is 17.5 Å². The molecule has 0 amide bonds. The molecule has 21 aromatic carbocycles. The number of fused-ring (bicyclic) bond motifs is 16. The lowest BCUT2D eigenvalue weighted by Crippen LogP contribution is -1.96. The molecule has 8 heterocycles. The fourth-order valence-electron chi connectivity index (χ4n) is 20.7. The first-order valence-electron chi connectivity index (χ1n) is 49.3. The highest BCUT2D eigenvalue weighted by molar-refractivity contribution is 7.26. The number of benzene rings is 21. The molecule has 0 radical (unpaired) electrons. The van der Waals surface area contributed by atoms with Gasteiger partial charge in [0.05, 0.1) is 50.9 Å². The lowest BCUT2D eigenvalue weighted by Gasteiger charge is -2.12. The van der Waals surface area contributed by atoms with E-state index in [-0.39, 0.29) is 0 Å². The highest BCUT2D eigenvalue weighted by Crippen LogP contribution is 2.47. The van der Waals surface area contributed by atoms with Gasteiger partial charge in [-0.15, -0.1) is 11.3 Å². The maximum atomic E-state index is 6.46. The molecule has 0 unspecified atom stereocenters. The third-order valence-corrected chi connectivity index (χ3v) is 29.2. The number of nitrogens with zero attached hydrogens (tertiary/aromatic N) is 6. The second kappa shape index (κ2) is 37.2. The lowest BCUT2D eigenvalue weighted by molar-refractivity contribution is 0.669. The summed E-state index contributed by atoms with van der Waals surface area (Å²) in [6.45, 7) is 0. The summed E-state index contributed by atoms with van der Waals surface area (Å²) >= 11 is 1.85. The van der Waals surface area contributed by atoms with E-state index >= 15 is 0 Å². The molecule has 0 fully saturated rings. The van der Waals surface area contributed by atoms with Crippen molar-refractivity contribution in [3.8, 4) is 168 Å². The van der Waals surface area contributed by atoms with Crippen molar-refractivity contribution in [1.29, 1.82) is 0 Å². The van der Waals surface area contributed by atoms with Gasteiger partial charge in [0.1, 0.15) is 44.7 Å². The smallest absolute Gasteiger partial charge is 0.164 e. The molecule has 0 bridgehead atoms. The molecule has 688 valence electrons. The van der Waals surface area contributed by atoms with E-state index in [0.717, 1.165) is 200 Å². The summed E-state index contributed by atoms with van der Waals surface area (Å²) in [6.07, 6.45) is 0. The summed E-state index contributed by atoms with van der Waals surface area (Å²) in [6, 6.07) is 177. The van der Waals surface area contributed by atoms with Crippen LogP contribution in [0, 0.1) is 0 Å². The number of para-hydroxylation sites is 8. The van der Waals surface area contributed by atoms with E-state index < -0.39 is 0 Å². The molecule has 29 aromatic rings. The van der Waals surface area contributed by atoms with Crippen LogP contribution in [0.3, 0.4) is 0 Å². The van der Waals surface area contributed by atoms with Crippen molar-refractivity contribution in [3.63, 3.8) is 0 Å². The lowest BCUT2D eigenvalue weighted by atomic mass is 9.96. The highest BCUT2D eigenvalue weighted by atomic mass is 32.1. The van der Waals surface area contributed by atoms with E-state index in [2.05, 4.69) is 419 Å². The number of thiophene rings is 1. The van der Waals surface area contributed by atoms with Gasteiger partial charge in [-0.2, -0.15) is 0 Å². The molecule has 11 heteroatoms. The normalized spacial score (nSPS) is 11.5. The van der Waals surface area contributed by atoms with Crippen molar-refractivity contribution in [1.82, 2.24) is 29.9 Å². The average Bonchev–Trinajstić information content (AvgIpc) is 1.59. The number of aromatic nitrogens is 6. The topological polar surface area (TPSA) is 130 Å². The minimum atomic E-state index is 0.610. The van der Waals surface area contributed by atoms with Crippen molar-refractivity contribution in [2.75, 3.05) is 0 Å². The van der Waals surface area contributed by atoms with Crippen LogP contribution in [0.5, 0.6) is 0 Å². The van der Waals surface area contributed by atoms with E-state index in [1.54, 1.807) is 0 Å². The monoisotopic (exact) mass is 1900 g/mol. The first kappa shape index (κ1) is 86.6. The maximum absolute atomic E-state index is 6.46. The molecule has 0 saturated heterocycles. The number of furan rings is 4. The Bertz CT molecular complexity index is 9730. The molecule has 147 heavy (non-hydrogen) atoms. The van der Waals surface area contributed by atoms with Crippen LogP contribution in [0.4, 0.5) is 0 Å². The molecule has 0 aliphatic heterocycles. The predicted octanol–water partition coefficient (Wildman–Crippen LogP) is 37.6. The van der Waals surface area contributed by atoms with Crippen molar-refractivity contribution >= 4 is 130 Å². The van der Waals surface area contributed by atoms with Gasteiger partial charge in [-0.05, 0) is 157 Å². The Labute approximate surface area is 849 Å². The maximum Gasteiger partial charge on any atom is 0.164 e. The van der Waals surface area contributed by atoms with Crippen LogP contribution >= 0.6 is 11.3 Å². The molecule has 0 saturated carbocycles. The molecular formula is C136H84N6O4S. The predicted molar refractivity (Wildman–Crippen MR) is 607 cm³/mol. The second-order valence-corrected chi connectivity index (χ2v) is 37.9. The quantitative estimate of drug-likeness (QED) is 0.0978. The zero-order chi connectivity index (χ0) is 97.2. The molecule has 0 N–H and O–H groups in total. The van der Waals surface area contributed by atoms with E-state index in [1.165, 1.54) is 69.9 Å². The van der Waals surface area contributed by atoms with Gasteiger partial charge in [0, 0.05) is 102 Å². The van der Waals surface area contributed by atoms with Crippen molar-refractivity contribution < 1.29 is 17.7 Å². The minimum Gasteiger partial charge on any atom is -0.455 e. The Kier molecular flexibility index (Phi) is 21.9. The van der Waals surface area contributed by atoms with Gasteiger partial charge < -0.3 is 17.7 Å². The highest BCUT2D eigenvalue weighted by Gasteiger charge is 2.25. The second-order valence-electron chi connectivity index (χ2n) is 36.9. The van der Waals surface area contributed by atoms with Gasteiger partial charge in [-0.1, -0.05) is 425 Å². The molecular weight excluding hydrogens is 1810 g/mol. The largest absolute Gasteiger partial charge is 0.455 e. The van der Waals surface area contributed by atoms with Gasteiger partial charge >= 0.3 is 0 Å². The third-order valence-electron chi connectivity index (χ3n) is 28.0. The summed E-state index contributed by atoms with van der Waals surface area (Å²) in [7, 11) is 0. The van der Waals surface area contributed by atoms with Crippen LogP contribution in [-0.4, -0.2) is 29.9 Å². The standard InChI is InChI=1S/C46H28N2O2.C46H28N2OS.C44H28N2O/c1-2-11-29(12-3-1)30-23-25-31(26-24-30)40-28-41(48-46(47-40)39-20-10-19-38-36-16-5-7-22-43(36)50-45(38)39)33-14-8-13-32(27-33)34-17-9-18-37-35-15-4-6-21-42(35)49-44(34)37;1-2-11-29(12-3-1)30-23-25-31(26-24-30)40-28-41(48-46(47-40)39-20-10-18-37-35-15-4-6-21-42(35)49-44(37)39)33-14-8-13-32(27-33)34-17-9-19-38-36-16-5-7-22-43(36)50-45(34)38;1-2-11-29(12-3-1)30-23-25-32(26-24-30)40-28-41(34-16-8-15-33(27-34)36-19-9-14-31-13-4-5-17-35(31)36)46-44(45-40)39-21-10-20-38-37-18-6-7-22-42(37)47-43(38)39/h2*1-28H;1-28H. The molecule has 10 nitrogen and oxygen atoms in total. The van der Waals surface area contributed by atoms with Crippen LogP contribution < -0.4 is 0 Å². The van der Waals surface area contributed by atoms with Gasteiger partial charge in [0.25, 0.3) is 0 Å². The third kappa shape index (κ3) is 16.3. The van der Waals surface area contributed by atoms with E-state index in [4.69, 9.17) is 47.6 Å². The van der Waals surface area contributed by atoms with Crippen LogP contribution in [0.25, 0.3) is 287 Å². The summed E-state index contributed by atoms with van der Waals surface area (Å²) in [4.78, 5) is 31.2. The van der Waals surface area contributed by atoms with Gasteiger partial charge in [-0.3, -0.25) is 0 Å². The van der Waals surface area contributed by atoms with E-state index in [1.807, 2.05) is 102 Å². The van der Waals surface area contributed by atoms with E-state index in [9.17, 15) is 0 Å². The molecule has 0 aliphatic carbocycles. The van der Waals surface area contributed by atoms with Gasteiger partial charge in [0.2, 0.25) is 0 Å². The first-order valence-corrected chi connectivity index (χ1v) is 50.1. The van der Waals surface area contributed by atoms with Crippen LogP contribution in [-0.2, 0) is 0 Å². The van der Waals surface area contributed by atoms with Gasteiger partial charge in [0.15, 0.2) is 17.5 Å². The molecule has 0 spiro atoms. The molecule has 0 atom stereocenters. The summed E-state index contributed by atoms with van der Waals surface area (Å²) in [5.41, 5.74) is 34.3. The Morgan fingerprint density at radius 1 is 0.143 bits per heavy atom. The van der Waals surface area contributed by atoms with Crippen molar-refractivity contribution in [2.24, 2.45) is 0 Å². The number of rotatable bonds is 15. The Balaban J connectivity index is 0.000000109. The molecule has 0 aliphatic rings. The zero-order valence-electron chi connectivity index (χ0n) is 79.2. The Hall–Kier alpha value is -19.5. The summed E-state index contributed by atoms with van der Waals surface area (Å²) < 4.78 is 28.3. The Morgan fingerprint density at radius 3 is 0.769 bits per heavy atom. The number of hydrogen-bond acceptors (Lipinski definition) is 11. The molecule has 8 aromatic heterocycles. The SMILES string of the molecule is c1ccc(-c2ccc(-c3cc(-c4cccc(-c5cccc6c5oc5ccccc56)c4)nc(-c4cccc5c4oc4ccccc45)n3)cc2)cc1.c1ccc(-c2ccc(-c3cc(-c4cccc(-c5cccc6c5sc5ccccc56)c4)nc(-c4cccc5c4oc4ccccc45)n3)cc2)cc1.c1ccc(-c2ccc(-c3cc(-c4cccc(-c5cccc6ccccc56)c4)nc(-c4cccc5c4oc4ccccc45)n3)cc2)cc1. The molecule has 29 rings (SSSR count). The summed E-state index contributed by atoms with van der Waals surface area (Å²) in [5.74, 6) is 1.87. The Morgan fingerprint density at radius 2 is 0.381 bits per heavy atom. The number of hydrogen-bond donors (Lipinski definition) is 0. The average molecular weight is 1900 g/mol. The fourth-order valence-corrected chi connectivity index (χ4v) is 22.0. The van der Waals surface area contributed by atoms with Crippen LogP contribution in [0.15, 0.2) is 527 Å². The summed E-state index contributed by atoms with van der Waals surface area (Å²) in [5, 5.41) is 13.7. The zero-order valence-corrected chi connectivity index (χ0v) is 80.0.